The highest BCUT2D eigenvalue weighted by molar-refractivity contribution is 7.99. The second kappa shape index (κ2) is 7.76. The number of ether oxygens (including phenoxy) is 1. The number of hydrogen-bond acceptors (Lipinski definition) is 4. The van der Waals surface area contributed by atoms with Crippen molar-refractivity contribution in [2.45, 2.75) is 29.1 Å². The van der Waals surface area contributed by atoms with Crippen molar-refractivity contribution in [2.24, 2.45) is 5.41 Å². The first kappa shape index (κ1) is 19.3. The Bertz CT molecular complexity index is 910. The number of benzene rings is 2. The van der Waals surface area contributed by atoms with Crippen molar-refractivity contribution in [2.75, 3.05) is 19.7 Å². The summed E-state index contributed by atoms with van der Waals surface area (Å²) < 4.78 is 19.0. The molecule has 2 aliphatic heterocycles. The summed E-state index contributed by atoms with van der Waals surface area (Å²) in [5, 5.41) is 0.632. The number of hydrogen-bond donors (Lipinski definition) is 0. The highest BCUT2D eigenvalue weighted by Gasteiger charge is 2.47. The van der Waals surface area contributed by atoms with E-state index in [-0.39, 0.29) is 11.9 Å². The van der Waals surface area contributed by atoms with Crippen molar-refractivity contribution in [3.05, 3.63) is 58.9 Å². The predicted molar refractivity (Wildman–Crippen MR) is 105 cm³/mol. The van der Waals surface area contributed by atoms with E-state index in [2.05, 4.69) is 0 Å². The van der Waals surface area contributed by atoms with Gasteiger partial charge < -0.3 is 9.64 Å². The van der Waals surface area contributed by atoms with Gasteiger partial charge in [0.05, 0.1) is 17.6 Å². The van der Waals surface area contributed by atoms with Gasteiger partial charge in [-0.05, 0) is 61.7 Å². The minimum atomic E-state index is -0.448. The molecule has 2 fully saturated rings. The molecule has 4 nitrogen and oxygen atoms in total. The van der Waals surface area contributed by atoms with E-state index in [9.17, 15) is 14.0 Å². The Kier molecular flexibility index (Phi) is 5.34. The van der Waals surface area contributed by atoms with E-state index in [1.54, 1.807) is 23.1 Å². The third kappa shape index (κ3) is 3.76. The smallest absolute Gasteiger partial charge is 0.312 e. The number of rotatable bonds is 3. The summed E-state index contributed by atoms with van der Waals surface area (Å²) in [7, 11) is 0. The number of piperidine rings is 1. The van der Waals surface area contributed by atoms with Gasteiger partial charge in [0, 0.05) is 27.9 Å². The second-order valence-corrected chi connectivity index (χ2v) is 8.71. The molecule has 0 aliphatic carbocycles. The van der Waals surface area contributed by atoms with Crippen LogP contribution in [-0.2, 0) is 9.53 Å². The molecule has 28 heavy (non-hydrogen) atoms. The summed E-state index contributed by atoms with van der Waals surface area (Å²) in [6.07, 6.45) is 1.89. The molecule has 1 amide bonds. The summed E-state index contributed by atoms with van der Waals surface area (Å²) in [6.45, 7) is 1.39. The Morgan fingerprint density at radius 1 is 1.11 bits per heavy atom. The van der Waals surface area contributed by atoms with Gasteiger partial charge in [-0.2, -0.15) is 0 Å². The molecule has 0 saturated carbocycles. The van der Waals surface area contributed by atoms with E-state index in [1.165, 1.54) is 23.9 Å². The van der Waals surface area contributed by atoms with Gasteiger partial charge in [-0.1, -0.05) is 23.4 Å². The number of carbonyl (C=O) groups excluding carboxylic acids is 2. The van der Waals surface area contributed by atoms with E-state index >= 15 is 0 Å². The molecule has 2 aromatic rings. The molecule has 2 heterocycles. The van der Waals surface area contributed by atoms with Crippen LogP contribution in [0.1, 0.15) is 29.6 Å². The maximum absolute atomic E-state index is 13.9. The van der Waals surface area contributed by atoms with E-state index in [4.69, 9.17) is 16.3 Å². The molecule has 0 N–H and O–H groups in total. The summed E-state index contributed by atoms with van der Waals surface area (Å²) in [5.74, 6) is -0.807. The molecule has 0 atom stereocenters. The maximum Gasteiger partial charge on any atom is 0.312 e. The molecule has 2 aromatic carbocycles. The Balaban J connectivity index is 1.53. The van der Waals surface area contributed by atoms with E-state index in [1.807, 2.05) is 12.1 Å². The molecular weight excluding hydrogens is 401 g/mol. The fourth-order valence-electron chi connectivity index (χ4n) is 3.74. The molecule has 4 rings (SSSR count). The van der Waals surface area contributed by atoms with Crippen molar-refractivity contribution in [3.8, 4) is 0 Å². The zero-order valence-corrected chi connectivity index (χ0v) is 16.7. The van der Waals surface area contributed by atoms with Gasteiger partial charge in [-0.25, -0.2) is 4.39 Å². The lowest BCUT2D eigenvalue weighted by molar-refractivity contribution is -0.148. The predicted octanol–water partition coefficient (Wildman–Crippen LogP) is 4.80. The van der Waals surface area contributed by atoms with Crippen molar-refractivity contribution in [1.29, 1.82) is 0 Å². The third-order valence-electron chi connectivity index (χ3n) is 5.47. The monoisotopic (exact) mass is 419 g/mol. The van der Waals surface area contributed by atoms with Gasteiger partial charge in [-0.15, -0.1) is 0 Å². The molecule has 146 valence electrons. The van der Waals surface area contributed by atoms with Crippen LogP contribution in [0.2, 0.25) is 5.02 Å². The molecule has 0 unspecified atom stereocenters. The highest BCUT2D eigenvalue weighted by atomic mass is 35.5. The average Bonchev–Trinajstić information content (AvgIpc) is 3.05. The summed E-state index contributed by atoms with van der Waals surface area (Å²) in [6, 6.07) is 11.5. The number of esters is 1. The van der Waals surface area contributed by atoms with Crippen LogP contribution < -0.4 is 0 Å². The van der Waals surface area contributed by atoms with Crippen molar-refractivity contribution >= 4 is 35.2 Å². The zero-order chi connectivity index (χ0) is 19.7. The fraction of sp³-hybridized carbons (Fsp3) is 0.333. The van der Waals surface area contributed by atoms with E-state index in [0.717, 1.165) is 4.90 Å². The highest BCUT2D eigenvalue weighted by Crippen LogP contribution is 2.41. The molecule has 0 aromatic heterocycles. The van der Waals surface area contributed by atoms with Crippen molar-refractivity contribution < 1.29 is 18.7 Å². The quantitative estimate of drug-likeness (QED) is 0.670. The number of halogens is 2. The third-order valence-corrected chi connectivity index (χ3v) is 6.80. The minimum absolute atomic E-state index is 0.149. The molecule has 2 saturated heterocycles. The first-order chi connectivity index (χ1) is 13.5. The first-order valence-corrected chi connectivity index (χ1v) is 10.4. The van der Waals surface area contributed by atoms with Gasteiger partial charge in [-0.3, -0.25) is 9.59 Å². The van der Waals surface area contributed by atoms with E-state index in [0.29, 0.717) is 54.4 Å². The van der Waals surface area contributed by atoms with Gasteiger partial charge in [0.2, 0.25) is 0 Å². The van der Waals surface area contributed by atoms with Crippen LogP contribution in [0.15, 0.2) is 52.3 Å². The van der Waals surface area contributed by atoms with Gasteiger partial charge in [0.15, 0.2) is 0 Å². The Labute approximate surface area is 172 Å². The number of nitrogens with zero attached hydrogens (tertiary/aromatic N) is 1. The average molecular weight is 420 g/mol. The summed E-state index contributed by atoms with van der Waals surface area (Å²) in [5.41, 5.74) is -0.107. The summed E-state index contributed by atoms with van der Waals surface area (Å²) in [4.78, 5) is 28.5. The van der Waals surface area contributed by atoms with E-state index < -0.39 is 11.2 Å². The Hall–Kier alpha value is -2.05. The first-order valence-electron chi connectivity index (χ1n) is 9.16. The molecular formula is C21H19ClFNO3S. The molecule has 7 heteroatoms. The largest absolute Gasteiger partial charge is 0.465 e. The molecule has 2 aliphatic rings. The van der Waals surface area contributed by atoms with Crippen LogP contribution in [0.4, 0.5) is 4.39 Å². The second-order valence-electron chi connectivity index (χ2n) is 7.15. The zero-order valence-electron chi connectivity index (χ0n) is 15.1. The maximum atomic E-state index is 13.9. The van der Waals surface area contributed by atoms with Gasteiger partial charge in [0.25, 0.3) is 5.91 Å². The molecule has 1 spiro atoms. The number of likely N-dealkylation sites (tertiary alicyclic amines) is 1. The van der Waals surface area contributed by atoms with Crippen LogP contribution in [0, 0.1) is 11.2 Å². The van der Waals surface area contributed by atoms with Crippen molar-refractivity contribution in [1.82, 2.24) is 4.90 Å². The normalized spacial score (nSPS) is 18.4. The van der Waals surface area contributed by atoms with Crippen LogP contribution >= 0.6 is 23.4 Å². The molecule has 0 radical (unpaired) electrons. The number of amides is 1. The lowest BCUT2D eigenvalue weighted by Gasteiger charge is -2.36. The Morgan fingerprint density at radius 3 is 2.46 bits per heavy atom. The van der Waals surface area contributed by atoms with Gasteiger partial charge >= 0.3 is 5.97 Å². The number of carbonyl (C=O) groups is 2. The standard InChI is InChI=1S/C21H19ClFNO3S/c22-14-1-4-16(5-2-14)28-18-6-3-15(23)13-17(18)19(25)24-10-7-21(8-11-24)9-12-27-20(21)26/h1-6,13H,7-12H2. The Morgan fingerprint density at radius 2 is 1.82 bits per heavy atom. The fourth-order valence-corrected chi connectivity index (χ4v) is 4.79. The van der Waals surface area contributed by atoms with Crippen LogP contribution in [0.25, 0.3) is 0 Å². The SMILES string of the molecule is O=C(c1cc(F)ccc1Sc1ccc(Cl)cc1)N1CCC2(CCOC2=O)CC1. The van der Waals surface area contributed by atoms with Crippen LogP contribution in [-0.4, -0.2) is 36.5 Å². The minimum Gasteiger partial charge on any atom is -0.465 e. The lowest BCUT2D eigenvalue weighted by atomic mass is 9.77. The molecule has 0 bridgehead atoms. The van der Waals surface area contributed by atoms with Crippen LogP contribution in [0.5, 0.6) is 0 Å². The topological polar surface area (TPSA) is 46.6 Å². The van der Waals surface area contributed by atoms with Crippen molar-refractivity contribution in [3.63, 3.8) is 0 Å². The number of cyclic esters (lactones) is 1. The van der Waals surface area contributed by atoms with Gasteiger partial charge in [0.1, 0.15) is 5.82 Å². The lowest BCUT2D eigenvalue weighted by Crippen LogP contribution is -2.45. The summed E-state index contributed by atoms with van der Waals surface area (Å²) >= 11 is 7.32. The van der Waals surface area contributed by atoms with Crippen LogP contribution in [0.3, 0.4) is 0 Å².